The van der Waals surface area contributed by atoms with E-state index in [0.29, 0.717) is 10.1 Å². The zero-order valence-corrected chi connectivity index (χ0v) is 10.5. The highest BCUT2D eigenvalue weighted by Gasteiger charge is 2.21. The van der Waals surface area contributed by atoms with Crippen molar-refractivity contribution in [2.24, 2.45) is 7.05 Å². The van der Waals surface area contributed by atoms with E-state index in [2.05, 4.69) is 9.97 Å². The smallest absolute Gasteiger partial charge is 0.396 e. The second kappa shape index (κ2) is 5.06. The number of pyridine rings is 1. The summed E-state index contributed by atoms with van der Waals surface area (Å²) in [7, 11) is 1.61. The molecule has 0 aliphatic heterocycles. The predicted octanol–water partition coefficient (Wildman–Crippen LogP) is 1.57. The van der Waals surface area contributed by atoms with Crippen LogP contribution in [0.15, 0.2) is 34.7 Å². The molecule has 0 radical (unpaired) electrons. The largest absolute Gasteiger partial charge is 0.478 e. The Kier molecular flexibility index (Phi) is 3.47. The van der Waals surface area contributed by atoms with Gasteiger partial charge in [-0.05, 0) is 33.8 Å². The Balaban J connectivity index is 2.36. The monoisotopic (exact) mass is 280 g/mol. The SMILES string of the molecule is Cn1cnc([N+](=O)[O-])c1Sc1cc(C(=O)O)ccn1. The van der Waals surface area contributed by atoms with Crippen LogP contribution < -0.4 is 0 Å². The highest BCUT2D eigenvalue weighted by atomic mass is 32.2. The van der Waals surface area contributed by atoms with Crippen LogP contribution in [0.4, 0.5) is 5.82 Å². The molecule has 9 heteroatoms. The van der Waals surface area contributed by atoms with Crippen molar-refractivity contribution in [3.05, 3.63) is 40.3 Å². The lowest BCUT2D eigenvalue weighted by Gasteiger charge is -2.02. The molecule has 0 saturated carbocycles. The van der Waals surface area contributed by atoms with Gasteiger partial charge in [-0.1, -0.05) is 0 Å². The zero-order valence-electron chi connectivity index (χ0n) is 9.68. The first-order chi connectivity index (χ1) is 8.99. The van der Waals surface area contributed by atoms with Crippen molar-refractivity contribution in [1.82, 2.24) is 14.5 Å². The topological polar surface area (TPSA) is 111 Å². The standard InChI is InChI=1S/C10H8N4O4S/c1-13-5-12-8(14(17)18)9(13)19-7-4-6(10(15)16)2-3-11-7/h2-5H,1H3,(H,15,16). The van der Waals surface area contributed by atoms with E-state index in [1.165, 1.54) is 29.2 Å². The number of imidazole rings is 1. The molecule has 1 N–H and O–H groups in total. The number of nitro groups is 1. The summed E-state index contributed by atoms with van der Waals surface area (Å²) in [6.45, 7) is 0. The summed E-state index contributed by atoms with van der Waals surface area (Å²) in [5, 5.41) is 20.3. The molecule has 0 saturated heterocycles. The van der Waals surface area contributed by atoms with Gasteiger partial charge in [0, 0.05) is 13.2 Å². The number of aromatic nitrogens is 3. The van der Waals surface area contributed by atoms with Crippen LogP contribution in [0.5, 0.6) is 0 Å². The summed E-state index contributed by atoms with van der Waals surface area (Å²) in [5.74, 6) is -1.36. The number of hydrogen-bond acceptors (Lipinski definition) is 6. The van der Waals surface area contributed by atoms with Gasteiger partial charge in [-0.3, -0.25) is 0 Å². The first-order valence-electron chi connectivity index (χ1n) is 5.02. The fourth-order valence-electron chi connectivity index (χ4n) is 1.35. The molecular formula is C10H8N4O4S. The van der Waals surface area contributed by atoms with E-state index in [9.17, 15) is 14.9 Å². The van der Waals surface area contributed by atoms with Crippen molar-refractivity contribution in [1.29, 1.82) is 0 Å². The molecule has 19 heavy (non-hydrogen) atoms. The molecule has 0 spiro atoms. The molecule has 2 aromatic heterocycles. The number of hydrogen-bond donors (Lipinski definition) is 1. The van der Waals surface area contributed by atoms with Crippen molar-refractivity contribution < 1.29 is 14.8 Å². The van der Waals surface area contributed by atoms with E-state index >= 15 is 0 Å². The number of rotatable bonds is 4. The Morgan fingerprint density at radius 1 is 1.53 bits per heavy atom. The van der Waals surface area contributed by atoms with Gasteiger partial charge >= 0.3 is 11.8 Å². The first kappa shape index (κ1) is 13.0. The van der Waals surface area contributed by atoms with Crippen LogP contribution in [0.3, 0.4) is 0 Å². The molecule has 0 aliphatic carbocycles. The van der Waals surface area contributed by atoms with Gasteiger partial charge in [-0.2, -0.15) is 0 Å². The fraction of sp³-hybridized carbons (Fsp3) is 0.100. The summed E-state index contributed by atoms with van der Waals surface area (Å²) < 4.78 is 1.48. The molecule has 0 aliphatic rings. The van der Waals surface area contributed by atoms with Gasteiger partial charge in [0.05, 0.1) is 5.56 Å². The average Bonchev–Trinajstić information content (AvgIpc) is 2.71. The van der Waals surface area contributed by atoms with Crippen molar-refractivity contribution in [3.63, 3.8) is 0 Å². The molecule has 0 amide bonds. The van der Waals surface area contributed by atoms with Crippen molar-refractivity contribution in [3.8, 4) is 0 Å². The lowest BCUT2D eigenvalue weighted by atomic mass is 10.3. The minimum absolute atomic E-state index is 0.0716. The Hall–Kier alpha value is -2.42. The summed E-state index contributed by atoms with van der Waals surface area (Å²) >= 11 is 0.992. The van der Waals surface area contributed by atoms with Crippen molar-refractivity contribution in [2.75, 3.05) is 0 Å². The number of aryl methyl sites for hydroxylation is 1. The molecule has 0 bridgehead atoms. The Bertz CT molecular complexity index is 655. The van der Waals surface area contributed by atoms with Crippen LogP contribution in [0.2, 0.25) is 0 Å². The average molecular weight is 280 g/mol. The molecule has 2 rings (SSSR count). The van der Waals surface area contributed by atoms with Crippen molar-refractivity contribution >= 4 is 23.5 Å². The minimum atomic E-state index is -1.08. The second-order valence-electron chi connectivity index (χ2n) is 3.53. The number of carbonyl (C=O) groups is 1. The summed E-state index contributed by atoms with van der Waals surface area (Å²) in [5.41, 5.74) is 0.0716. The maximum absolute atomic E-state index is 10.8. The summed E-state index contributed by atoms with van der Waals surface area (Å²) in [6.07, 6.45) is 2.66. The number of nitrogens with zero attached hydrogens (tertiary/aromatic N) is 4. The maximum Gasteiger partial charge on any atom is 0.396 e. The van der Waals surface area contributed by atoms with Crippen LogP contribution in [0, 0.1) is 10.1 Å². The van der Waals surface area contributed by atoms with E-state index in [1.54, 1.807) is 7.05 Å². The number of aromatic carboxylic acids is 1. The van der Waals surface area contributed by atoms with Gasteiger partial charge in [-0.15, -0.1) is 0 Å². The third-order valence-electron chi connectivity index (χ3n) is 2.22. The van der Waals surface area contributed by atoms with Gasteiger partial charge in [0.1, 0.15) is 5.03 Å². The Morgan fingerprint density at radius 3 is 2.89 bits per heavy atom. The van der Waals surface area contributed by atoms with E-state index in [0.717, 1.165) is 11.8 Å². The zero-order chi connectivity index (χ0) is 14.0. The highest BCUT2D eigenvalue weighted by Crippen LogP contribution is 2.32. The molecule has 98 valence electrons. The lowest BCUT2D eigenvalue weighted by molar-refractivity contribution is -0.392. The van der Waals surface area contributed by atoms with E-state index in [-0.39, 0.29) is 11.4 Å². The molecule has 8 nitrogen and oxygen atoms in total. The lowest BCUT2D eigenvalue weighted by Crippen LogP contribution is -1.98. The van der Waals surface area contributed by atoms with Gasteiger partial charge in [0.25, 0.3) is 0 Å². The summed E-state index contributed by atoms with van der Waals surface area (Å²) in [6, 6.07) is 2.70. The van der Waals surface area contributed by atoms with Gasteiger partial charge in [-0.25, -0.2) is 9.78 Å². The summed E-state index contributed by atoms with van der Waals surface area (Å²) in [4.78, 5) is 28.7. The van der Waals surface area contributed by atoms with Crippen LogP contribution in [-0.2, 0) is 7.05 Å². The molecular weight excluding hydrogens is 272 g/mol. The third kappa shape index (κ3) is 2.71. The van der Waals surface area contributed by atoms with Crippen LogP contribution in [0.1, 0.15) is 10.4 Å². The number of carboxylic acids is 1. The molecule has 0 unspecified atom stereocenters. The predicted molar refractivity (Wildman–Crippen MR) is 65.2 cm³/mol. The molecule has 2 heterocycles. The van der Waals surface area contributed by atoms with Crippen molar-refractivity contribution in [2.45, 2.75) is 10.1 Å². The normalized spacial score (nSPS) is 10.4. The Labute approximate surface area is 111 Å². The van der Waals surface area contributed by atoms with Crippen LogP contribution >= 0.6 is 11.8 Å². The molecule has 2 aromatic rings. The molecule has 0 fully saturated rings. The first-order valence-corrected chi connectivity index (χ1v) is 5.83. The van der Waals surface area contributed by atoms with Gasteiger partial charge in [0.15, 0.2) is 5.03 Å². The van der Waals surface area contributed by atoms with Crippen LogP contribution in [-0.4, -0.2) is 30.5 Å². The fourth-order valence-corrected chi connectivity index (χ4v) is 2.25. The van der Waals surface area contributed by atoms with Gasteiger partial charge in [0.2, 0.25) is 6.33 Å². The third-order valence-corrected chi connectivity index (χ3v) is 3.32. The number of carboxylic acid groups (broad SMARTS) is 1. The van der Waals surface area contributed by atoms with E-state index in [4.69, 9.17) is 5.11 Å². The highest BCUT2D eigenvalue weighted by molar-refractivity contribution is 7.99. The van der Waals surface area contributed by atoms with Crippen LogP contribution in [0.25, 0.3) is 0 Å². The second-order valence-corrected chi connectivity index (χ2v) is 4.54. The Morgan fingerprint density at radius 2 is 2.26 bits per heavy atom. The quantitative estimate of drug-likeness (QED) is 0.668. The van der Waals surface area contributed by atoms with E-state index in [1.807, 2.05) is 0 Å². The molecule has 0 atom stereocenters. The van der Waals surface area contributed by atoms with Gasteiger partial charge < -0.3 is 19.8 Å². The molecule has 0 aromatic carbocycles. The minimum Gasteiger partial charge on any atom is -0.478 e. The maximum atomic E-state index is 10.8. The van der Waals surface area contributed by atoms with E-state index < -0.39 is 10.9 Å².